The quantitative estimate of drug-likeness (QED) is 0.567. The average molecular weight is 154 g/mol. The van der Waals surface area contributed by atoms with Gasteiger partial charge in [-0.2, -0.15) is 0 Å². The molecule has 0 spiro atoms. The highest BCUT2D eigenvalue weighted by Gasteiger charge is 2.14. The summed E-state index contributed by atoms with van der Waals surface area (Å²) in [5.74, 6) is 0.104. The zero-order valence-electron chi connectivity index (χ0n) is 7.05. The van der Waals surface area contributed by atoms with Gasteiger partial charge in [-0.1, -0.05) is 6.08 Å². The Morgan fingerprint density at radius 3 is 2.82 bits per heavy atom. The van der Waals surface area contributed by atoms with Gasteiger partial charge in [0, 0.05) is 18.7 Å². The molecule has 0 aromatic heterocycles. The van der Waals surface area contributed by atoms with Crippen LogP contribution in [0.2, 0.25) is 0 Å². The Morgan fingerprint density at radius 2 is 2.36 bits per heavy atom. The molecule has 1 N–H and O–H groups in total. The summed E-state index contributed by atoms with van der Waals surface area (Å²) in [5.41, 5.74) is 0.929. The summed E-state index contributed by atoms with van der Waals surface area (Å²) in [4.78, 5) is 13.0. The maximum absolute atomic E-state index is 11.0. The minimum absolute atomic E-state index is 0.104. The molecular weight excluding hydrogens is 140 g/mol. The van der Waals surface area contributed by atoms with E-state index in [2.05, 4.69) is 5.32 Å². The number of nitrogens with one attached hydrogen (secondary N) is 1. The largest absolute Gasteiger partial charge is 0.352 e. The molecule has 1 aliphatic rings. The highest BCUT2D eigenvalue weighted by Crippen LogP contribution is 2.06. The van der Waals surface area contributed by atoms with Crippen molar-refractivity contribution in [2.45, 2.75) is 6.42 Å². The van der Waals surface area contributed by atoms with E-state index < -0.39 is 0 Å². The van der Waals surface area contributed by atoms with E-state index >= 15 is 0 Å². The van der Waals surface area contributed by atoms with Crippen molar-refractivity contribution in [3.63, 3.8) is 0 Å². The zero-order chi connectivity index (χ0) is 8.27. The highest BCUT2D eigenvalue weighted by molar-refractivity contribution is 5.95. The van der Waals surface area contributed by atoms with Crippen LogP contribution in [0.3, 0.4) is 0 Å². The van der Waals surface area contributed by atoms with Gasteiger partial charge >= 0.3 is 0 Å². The fraction of sp³-hybridized carbons (Fsp3) is 0.625. The molecule has 1 heterocycles. The van der Waals surface area contributed by atoms with Gasteiger partial charge in [0.2, 0.25) is 5.91 Å². The van der Waals surface area contributed by atoms with E-state index in [0.29, 0.717) is 0 Å². The molecule has 0 atom stereocenters. The number of nitrogens with zero attached hydrogens (tertiary/aromatic N) is 1. The molecule has 0 aromatic rings. The number of hydrogen-bond donors (Lipinski definition) is 1. The SMILES string of the molecule is CN(C)C/C=C1/CCNC1=O. The topological polar surface area (TPSA) is 32.3 Å². The van der Waals surface area contributed by atoms with Crippen LogP contribution in [0.5, 0.6) is 0 Å². The molecule has 0 radical (unpaired) electrons. The van der Waals surface area contributed by atoms with E-state index in [4.69, 9.17) is 0 Å². The first-order valence-electron chi connectivity index (χ1n) is 3.82. The molecule has 0 aromatic carbocycles. The summed E-state index contributed by atoms with van der Waals surface area (Å²) in [6.45, 7) is 1.65. The van der Waals surface area contributed by atoms with Crippen LogP contribution in [-0.2, 0) is 4.79 Å². The Bertz CT molecular complexity index is 185. The van der Waals surface area contributed by atoms with Crippen LogP contribution in [0.15, 0.2) is 11.6 Å². The van der Waals surface area contributed by atoms with E-state index in [1.54, 1.807) is 0 Å². The molecule has 0 unspecified atom stereocenters. The van der Waals surface area contributed by atoms with Crippen molar-refractivity contribution in [2.24, 2.45) is 0 Å². The van der Waals surface area contributed by atoms with E-state index in [0.717, 1.165) is 25.1 Å². The molecule has 3 heteroatoms. The van der Waals surface area contributed by atoms with Crippen molar-refractivity contribution < 1.29 is 4.79 Å². The lowest BCUT2D eigenvalue weighted by atomic mass is 10.2. The predicted molar refractivity (Wildman–Crippen MR) is 44.3 cm³/mol. The maximum Gasteiger partial charge on any atom is 0.247 e. The third-order valence-electron chi connectivity index (χ3n) is 1.67. The van der Waals surface area contributed by atoms with Crippen LogP contribution in [0.4, 0.5) is 0 Å². The lowest BCUT2D eigenvalue weighted by molar-refractivity contribution is -0.116. The number of carbonyl (C=O) groups is 1. The van der Waals surface area contributed by atoms with E-state index in [1.165, 1.54) is 0 Å². The number of rotatable bonds is 2. The first-order valence-corrected chi connectivity index (χ1v) is 3.82. The second-order valence-electron chi connectivity index (χ2n) is 3.00. The highest BCUT2D eigenvalue weighted by atomic mass is 16.1. The summed E-state index contributed by atoms with van der Waals surface area (Å²) >= 11 is 0. The number of hydrogen-bond acceptors (Lipinski definition) is 2. The number of likely N-dealkylation sites (N-methyl/N-ethyl adjacent to an activating group) is 1. The third kappa shape index (κ3) is 2.35. The van der Waals surface area contributed by atoms with Crippen molar-refractivity contribution in [1.82, 2.24) is 10.2 Å². The van der Waals surface area contributed by atoms with E-state index in [1.807, 2.05) is 25.1 Å². The first-order chi connectivity index (χ1) is 5.20. The standard InChI is InChI=1S/C8H14N2O/c1-10(2)6-4-7-3-5-9-8(7)11/h4H,3,5-6H2,1-2H3,(H,9,11)/b7-4-. The molecular formula is C8H14N2O. The maximum atomic E-state index is 11.0. The summed E-state index contributed by atoms with van der Waals surface area (Å²) in [6.07, 6.45) is 2.87. The average Bonchev–Trinajstić information content (AvgIpc) is 2.31. The Labute approximate surface area is 67.1 Å². The van der Waals surface area contributed by atoms with Crippen molar-refractivity contribution in [3.8, 4) is 0 Å². The van der Waals surface area contributed by atoms with Crippen molar-refractivity contribution in [2.75, 3.05) is 27.2 Å². The predicted octanol–water partition coefficient (Wildman–Crippen LogP) is -0.00570. The molecule has 0 bridgehead atoms. The third-order valence-corrected chi connectivity index (χ3v) is 1.67. The minimum Gasteiger partial charge on any atom is -0.352 e. The van der Waals surface area contributed by atoms with Crippen molar-refractivity contribution in [1.29, 1.82) is 0 Å². The van der Waals surface area contributed by atoms with Gasteiger partial charge in [0.25, 0.3) is 0 Å². The molecule has 1 rings (SSSR count). The number of carbonyl (C=O) groups excluding carboxylic acids is 1. The summed E-state index contributed by atoms with van der Waals surface area (Å²) < 4.78 is 0. The molecule has 1 saturated heterocycles. The second kappa shape index (κ2) is 3.53. The molecule has 0 saturated carbocycles. The molecule has 11 heavy (non-hydrogen) atoms. The van der Waals surface area contributed by atoms with Gasteiger partial charge in [0.05, 0.1) is 0 Å². The van der Waals surface area contributed by atoms with Crippen molar-refractivity contribution in [3.05, 3.63) is 11.6 Å². The van der Waals surface area contributed by atoms with Crippen LogP contribution in [-0.4, -0.2) is 38.0 Å². The zero-order valence-corrected chi connectivity index (χ0v) is 7.05. The van der Waals surface area contributed by atoms with Gasteiger partial charge in [-0.15, -0.1) is 0 Å². The molecule has 1 fully saturated rings. The fourth-order valence-corrected chi connectivity index (χ4v) is 1.03. The van der Waals surface area contributed by atoms with Crippen LogP contribution in [0, 0.1) is 0 Å². The van der Waals surface area contributed by atoms with Gasteiger partial charge in [-0.3, -0.25) is 4.79 Å². The summed E-state index contributed by atoms with van der Waals surface area (Å²) in [6, 6.07) is 0. The van der Waals surface area contributed by atoms with Crippen LogP contribution >= 0.6 is 0 Å². The van der Waals surface area contributed by atoms with Crippen LogP contribution < -0.4 is 5.32 Å². The normalized spacial score (nSPS) is 21.4. The Morgan fingerprint density at radius 1 is 1.64 bits per heavy atom. The van der Waals surface area contributed by atoms with Gasteiger partial charge in [-0.05, 0) is 20.5 Å². The molecule has 0 aliphatic carbocycles. The summed E-state index contributed by atoms with van der Waals surface area (Å²) in [5, 5.41) is 2.77. The van der Waals surface area contributed by atoms with Crippen LogP contribution in [0.25, 0.3) is 0 Å². The monoisotopic (exact) mass is 154 g/mol. The number of amides is 1. The fourth-order valence-electron chi connectivity index (χ4n) is 1.03. The lowest BCUT2D eigenvalue weighted by Crippen LogP contribution is -2.16. The van der Waals surface area contributed by atoms with E-state index in [9.17, 15) is 4.79 Å². The van der Waals surface area contributed by atoms with Gasteiger partial charge in [-0.25, -0.2) is 0 Å². The second-order valence-corrected chi connectivity index (χ2v) is 3.00. The molecule has 1 amide bonds. The molecule has 1 aliphatic heterocycles. The smallest absolute Gasteiger partial charge is 0.247 e. The Hall–Kier alpha value is -0.830. The van der Waals surface area contributed by atoms with E-state index in [-0.39, 0.29) is 5.91 Å². The summed E-state index contributed by atoms with van der Waals surface area (Å²) in [7, 11) is 3.98. The Balaban J connectivity index is 2.45. The van der Waals surface area contributed by atoms with Crippen LogP contribution in [0.1, 0.15) is 6.42 Å². The van der Waals surface area contributed by atoms with Gasteiger partial charge < -0.3 is 10.2 Å². The Kier molecular flexibility index (Phi) is 2.65. The first kappa shape index (κ1) is 8.27. The minimum atomic E-state index is 0.104. The van der Waals surface area contributed by atoms with Gasteiger partial charge in [0.1, 0.15) is 0 Å². The molecule has 62 valence electrons. The lowest BCUT2D eigenvalue weighted by Gasteiger charge is -2.04. The van der Waals surface area contributed by atoms with Crippen molar-refractivity contribution >= 4 is 5.91 Å². The molecule has 3 nitrogen and oxygen atoms in total. The van der Waals surface area contributed by atoms with Gasteiger partial charge in [0.15, 0.2) is 0 Å².